The molecule has 9 aromatic rings. The maximum absolute atomic E-state index is 6.37. The monoisotopic (exact) mass is 693 g/mol. The van der Waals surface area contributed by atoms with E-state index in [-0.39, 0.29) is 0 Å². The molecule has 0 unspecified atom stereocenters. The predicted molar refractivity (Wildman–Crippen MR) is 218 cm³/mol. The van der Waals surface area contributed by atoms with Crippen LogP contribution >= 0.6 is 23.1 Å². The van der Waals surface area contributed by atoms with Gasteiger partial charge in [-0.25, -0.2) is 4.98 Å². The number of anilines is 3. The maximum atomic E-state index is 6.37. The Hall–Kier alpha value is -5.95. The molecular formula is C45H31N3OS2. The number of hydrogen-bond donors (Lipinski definition) is 0. The number of fused-ring (bicyclic) bond motifs is 4. The van der Waals surface area contributed by atoms with Gasteiger partial charge in [0.25, 0.3) is 0 Å². The fourth-order valence-corrected chi connectivity index (χ4v) is 8.07. The van der Waals surface area contributed by atoms with Crippen molar-refractivity contribution in [1.82, 2.24) is 4.98 Å². The van der Waals surface area contributed by atoms with Crippen LogP contribution in [0.5, 0.6) is 0 Å². The summed E-state index contributed by atoms with van der Waals surface area (Å²) < 4.78 is 7.56. The van der Waals surface area contributed by atoms with E-state index in [1.54, 1.807) is 23.1 Å². The highest BCUT2D eigenvalue weighted by atomic mass is 32.2. The van der Waals surface area contributed by atoms with Crippen molar-refractivity contribution in [3.05, 3.63) is 169 Å². The molecule has 4 nitrogen and oxygen atoms in total. The highest BCUT2D eigenvalue weighted by Crippen LogP contribution is 2.40. The number of hydrogen-bond acceptors (Lipinski definition) is 6. The van der Waals surface area contributed by atoms with Gasteiger partial charge in [0, 0.05) is 50.1 Å². The SMILES string of the molecule is CSc1ccccc1N=Cc1ccc(N(c2ccc(-c3nc4ccccc4s3)cc2)c2ccc(-c3cccc4c3oc3ccccc34)cc2)cc1. The Morgan fingerprint density at radius 3 is 2.04 bits per heavy atom. The smallest absolute Gasteiger partial charge is 0.143 e. The van der Waals surface area contributed by atoms with E-state index in [9.17, 15) is 0 Å². The fourth-order valence-electron chi connectivity index (χ4n) is 6.55. The van der Waals surface area contributed by atoms with Gasteiger partial charge in [0.05, 0.1) is 15.9 Å². The minimum atomic E-state index is 0.902. The summed E-state index contributed by atoms with van der Waals surface area (Å²) in [7, 11) is 0. The van der Waals surface area contributed by atoms with Crippen LogP contribution in [0.1, 0.15) is 5.56 Å². The van der Waals surface area contributed by atoms with Crippen LogP contribution in [0.2, 0.25) is 0 Å². The van der Waals surface area contributed by atoms with E-state index in [0.717, 1.165) is 82.4 Å². The van der Waals surface area contributed by atoms with Gasteiger partial charge in [0.1, 0.15) is 16.2 Å². The van der Waals surface area contributed by atoms with Crippen LogP contribution in [0.4, 0.5) is 22.7 Å². The Balaban J connectivity index is 1.08. The zero-order valence-electron chi connectivity index (χ0n) is 27.7. The number of aliphatic imine (C=N–C) groups is 1. The average molecular weight is 694 g/mol. The minimum absolute atomic E-state index is 0.902. The van der Waals surface area contributed by atoms with Crippen molar-refractivity contribution in [2.24, 2.45) is 4.99 Å². The molecule has 0 N–H and O–H groups in total. The highest BCUT2D eigenvalue weighted by Gasteiger charge is 2.16. The number of rotatable bonds is 8. The van der Waals surface area contributed by atoms with Gasteiger partial charge in [0.2, 0.25) is 0 Å². The van der Waals surface area contributed by atoms with Gasteiger partial charge in [-0.1, -0.05) is 84.9 Å². The van der Waals surface area contributed by atoms with Crippen LogP contribution in [-0.4, -0.2) is 17.5 Å². The summed E-state index contributed by atoms with van der Waals surface area (Å²) in [4.78, 5) is 13.1. The van der Waals surface area contributed by atoms with Gasteiger partial charge in [0.15, 0.2) is 0 Å². The van der Waals surface area contributed by atoms with E-state index in [2.05, 4.69) is 145 Å². The predicted octanol–water partition coefficient (Wildman–Crippen LogP) is 13.5. The van der Waals surface area contributed by atoms with E-state index >= 15 is 0 Å². The fraction of sp³-hybridized carbons (Fsp3) is 0.0222. The second-order valence-corrected chi connectivity index (χ2v) is 14.1. The molecule has 244 valence electrons. The van der Waals surface area contributed by atoms with Crippen molar-refractivity contribution >= 4 is 84.2 Å². The lowest BCUT2D eigenvalue weighted by Gasteiger charge is -2.26. The third-order valence-corrected chi connectivity index (χ3v) is 11.0. The lowest BCUT2D eigenvalue weighted by Crippen LogP contribution is -2.10. The summed E-state index contributed by atoms with van der Waals surface area (Å²) in [6.07, 6.45) is 4.01. The number of furan rings is 1. The third kappa shape index (κ3) is 5.99. The molecule has 0 saturated heterocycles. The molecule has 9 rings (SSSR count). The Kier molecular flexibility index (Phi) is 8.16. The highest BCUT2D eigenvalue weighted by molar-refractivity contribution is 7.98. The summed E-state index contributed by atoms with van der Waals surface area (Å²) >= 11 is 3.42. The van der Waals surface area contributed by atoms with E-state index in [1.807, 2.05) is 36.5 Å². The maximum Gasteiger partial charge on any atom is 0.143 e. The largest absolute Gasteiger partial charge is 0.455 e. The van der Waals surface area contributed by atoms with Crippen LogP contribution in [0.3, 0.4) is 0 Å². The summed E-state index contributed by atoms with van der Waals surface area (Å²) in [5.74, 6) is 0. The van der Waals surface area contributed by atoms with Crippen LogP contribution in [0.15, 0.2) is 178 Å². The normalized spacial score (nSPS) is 11.6. The van der Waals surface area contributed by atoms with Crippen LogP contribution in [0.25, 0.3) is 53.9 Å². The number of thiazole rings is 1. The molecule has 0 amide bonds. The molecule has 2 heterocycles. The van der Waals surface area contributed by atoms with Gasteiger partial charge < -0.3 is 9.32 Å². The van der Waals surface area contributed by atoms with Gasteiger partial charge in [-0.15, -0.1) is 23.1 Å². The molecule has 0 spiro atoms. The summed E-state index contributed by atoms with van der Waals surface area (Å²) in [5, 5.41) is 3.28. The first-order valence-electron chi connectivity index (χ1n) is 16.8. The second kappa shape index (κ2) is 13.4. The summed E-state index contributed by atoms with van der Waals surface area (Å²) in [6, 6.07) is 57.1. The number of para-hydroxylation sites is 4. The van der Waals surface area contributed by atoms with Crippen LogP contribution < -0.4 is 4.90 Å². The lowest BCUT2D eigenvalue weighted by molar-refractivity contribution is 0.670. The molecule has 2 aromatic heterocycles. The summed E-state index contributed by atoms with van der Waals surface area (Å²) in [6.45, 7) is 0. The van der Waals surface area contributed by atoms with E-state index in [0.29, 0.717) is 0 Å². The molecule has 51 heavy (non-hydrogen) atoms. The Labute approximate surface area is 304 Å². The molecule has 6 heteroatoms. The number of aromatic nitrogens is 1. The van der Waals surface area contributed by atoms with Crippen molar-refractivity contribution in [1.29, 1.82) is 0 Å². The number of benzene rings is 7. The van der Waals surface area contributed by atoms with Gasteiger partial charge in [-0.2, -0.15) is 0 Å². The van der Waals surface area contributed by atoms with Crippen molar-refractivity contribution in [2.45, 2.75) is 4.90 Å². The number of nitrogens with zero attached hydrogens (tertiary/aromatic N) is 3. The molecule has 0 bridgehead atoms. The van der Waals surface area contributed by atoms with E-state index in [4.69, 9.17) is 14.4 Å². The molecule has 0 fully saturated rings. The molecule has 7 aromatic carbocycles. The molecule has 0 aliphatic heterocycles. The second-order valence-electron chi connectivity index (χ2n) is 12.2. The lowest BCUT2D eigenvalue weighted by atomic mass is 10.0. The zero-order valence-corrected chi connectivity index (χ0v) is 29.4. The first kappa shape index (κ1) is 31.1. The molecule has 0 aliphatic rings. The third-order valence-electron chi connectivity index (χ3n) is 9.10. The van der Waals surface area contributed by atoms with Crippen molar-refractivity contribution in [3.8, 4) is 21.7 Å². The molecule has 0 radical (unpaired) electrons. The van der Waals surface area contributed by atoms with Crippen molar-refractivity contribution < 1.29 is 4.42 Å². The van der Waals surface area contributed by atoms with E-state index < -0.39 is 0 Å². The van der Waals surface area contributed by atoms with Gasteiger partial charge in [-0.05, 0) is 96.2 Å². The minimum Gasteiger partial charge on any atom is -0.455 e. The van der Waals surface area contributed by atoms with E-state index in [1.165, 1.54) is 4.70 Å². The van der Waals surface area contributed by atoms with Gasteiger partial charge in [-0.3, -0.25) is 4.99 Å². The first-order chi connectivity index (χ1) is 25.2. The molecular weight excluding hydrogens is 663 g/mol. The molecule has 0 atom stereocenters. The van der Waals surface area contributed by atoms with Crippen molar-refractivity contribution in [2.75, 3.05) is 11.2 Å². The zero-order chi connectivity index (χ0) is 34.1. The Bertz CT molecular complexity index is 2640. The van der Waals surface area contributed by atoms with Gasteiger partial charge >= 0.3 is 0 Å². The Morgan fingerprint density at radius 1 is 0.627 bits per heavy atom. The Morgan fingerprint density at radius 2 is 1.27 bits per heavy atom. The van der Waals surface area contributed by atoms with Crippen molar-refractivity contribution in [3.63, 3.8) is 0 Å². The quantitative estimate of drug-likeness (QED) is 0.117. The standard InChI is InChI=1S/C45H31N3OS2/c1-50-42-15-6-3-12-39(42)46-29-30-17-23-33(24-18-30)48(35-27-21-32(22-28-35)45-47-40-13-4-7-16-43(40)51-45)34-25-19-31(20-26-34)36-10-8-11-38-37-9-2-5-14-41(37)49-44(36)38/h2-29H,1H3. The number of thioether (sulfide) groups is 1. The topological polar surface area (TPSA) is 41.6 Å². The summed E-state index contributed by atoms with van der Waals surface area (Å²) in [5.41, 5.74) is 11.3. The first-order valence-corrected chi connectivity index (χ1v) is 18.8. The van der Waals surface area contributed by atoms with Crippen LogP contribution in [-0.2, 0) is 0 Å². The van der Waals surface area contributed by atoms with Crippen LogP contribution in [0, 0.1) is 0 Å². The average Bonchev–Trinajstić information content (AvgIpc) is 3.81. The molecule has 0 saturated carbocycles. The molecule has 0 aliphatic carbocycles.